The molecule has 0 aliphatic carbocycles. The maximum Gasteiger partial charge on any atom is 0.306 e. The van der Waals surface area contributed by atoms with Crippen molar-refractivity contribution in [1.29, 1.82) is 0 Å². The Bertz CT molecular complexity index is 1510. The fourth-order valence-electron chi connectivity index (χ4n) is 5.08. The van der Waals surface area contributed by atoms with Gasteiger partial charge in [0.2, 0.25) is 6.10 Å². The van der Waals surface area contributed by atoms with Crippen molar-refractivity contribution < 1.29 is 19.1 Å². The maximum absolute atomic E-state index is 14.4. The van der Waals surface area contributed by atoms with Crippen LogP contribution in [-0.4, -0.2) is 17.8 Å². The normalized spacial score (nSPS) is 19.1. The molecule has 2 amide bonds. The molecule has 0 fully saturated rings. The van der Waals surface area contributed by atoms with Crippen molar-refractivity contribution in [3.8, 4) is 0 Å². The number of ether oxygens (including phenoxy) is 1. The molecule has 4 aromatic rings. The van der Waals surface area contributed by atoms with Crippen molar-refractivity contribution in [3.63, 3.8) is 0 Å². The van der Waals surface area contributed by atoms with E-state index >= 15 is 0 Å². The second-order valence-corrected chi connectivity index (χ2v) is 9.59. The van der Waals surface area contributed by atoms with Crippen LogP contribution in [0.25, 0.3) is 5.70 Å². The number of carbonyl (C=O) groups excluding carboxylic acids is 3. The predicted octanol–water partition coefficient (Wildman–Crippen LogP) is 5.65. The van der Waals surface area contributed by atoms with Gasteiger partial charge in [0.1, 0.15) is 0 Å². The summed E-state index contributed by atoms with van der Waals surface area (Å²) in [5.41, 5.74) is 1.92. The van der Waals surface area contributed by atoms with Crippen molar-refractivity contribution >= 4 is 23.5 Å². The summed E-state index contributed by atoms with van der Waals surface area (Å²) in [6.45, 7) is 1.67. The molecule has 0 bridgehead atoms. The molecule has 2 N–H and O–H groups in total. The van der Waals surface area contributed by atoms with Crippen LogP contribution in [0.1, 0.15) is 47.6 Å². The van der Waals surface area contributed by atoms with E-state index in [1.54, 1.807) is 31.2 Å². The minimum absolute atomic E-state index is 0.108. The Labute approximate surface area is 233 Å². The van der Waals surface area contributed by atoms with Crippen LogP contribution in [0.3, 0.4) is 0 Å². The van der Waals surface area contributed by atoms with Crippen molar-refractivity contribution in [1.82, 2.24) is 10.6 Å². The van der Waals surface area contributed by atoms with Crippen LogP contribution in [0.2, 0.25) is 0 Å². The smallest absolute Gasteiger partial charge is 0.306 e. The van der Waals surface area contributed by atoms with E-state index in [1.807, 2.05) is 103 Å². The highest BCUT2D eigenvalue weighted by Gasteiger charge is 2.52. The number of carbonyl (C=O) groups is 3. The van der Waals surface area contributed by atoms with Crippen LogP contribution in [0, 0.1) is 0 Å². The van der Waals surface area contributed by atoms with Gasteiger partial charge in [0, 0.05) is 23.6 Å². The molecule has 1 unspecified atom stereocenters. The lowest BCUT2D eigenvalue weighted by Gasteiger charge is -2.43. The fourth-order valence-corrected chi connectivity index (χ4v) is 5.08. The van der Waals surface area contributed by atoms with Gasteiger partial charge in [0.05, 0.1) is 0 Å². The van der Waals surface area contributed by atoms with Gasteiger partial charge in [-0.3, -0.25) is 14.4 Å². The molecule has 40 heavy (non-hydrogen) atoms. The molecule has 200 valence electrons. The van der Waals surface area contributed by atoms with Gasteiger partial charge in [0.15, 0.2) is 5.54 Å². The van der Waals surface area contributed by atoms with E-state index in [0.717, 1.165) is 11.1 Å². The Balaban J connectivity index is 1.68. The van der Waals surface area contributed by atoms with Crippen molar-refractivity contribution in [2.24, 2.45) is 0 Å². The molecule has 3 atom stereocenters. The molecule has 6 heteroatoms. The van der Waals surface area contributed by atoms with Crippen molar-refractivity contribution in [2.45, 2.75) is 30.9 Å². The van der Waals surface area contributed by atoms with E-state index in [4.69, 9.17) is 4.74 Å². The zero-order valence-corrected chi connectivity index (χ0v) is 22.1. The average Bonchev–Trinajstić information content (AvgIpc) is 3.02. The molecular weight excluding hydrogens is 500 g/mol. The van der Waals surface area contributed by atoms with Crippen LogP contribution >= 0.6 is 0 Å². The third-order valence-electron chi connectivity index (χ3n) is 7.08. The van der Waals surface area contributed by atoms with Gasteiger partial charge in [-0.15, -0.1) is 0 Å². The fraction of sp³-hybridized carbons (Fsp3) is 0.147. The van der Waals surface area contributed by atoms with Crippen LogP contribution in [0.15, 0.2) is 127 Å². The third-order valence-corrected chi connectivity index (χ3v) is 7.08. The first-order valence-electron chi connectivity index (χ1n) is 13.3. The Kier molecular flexibility index (Phi) is 7.87. The lowest BCUT2D eigenvalue weighted by molar-refractivity contribution is -0.157. The number of nitrogens with one attached hydrogen (secondary N) is 2. The topological polar surface area (TPSA) is 84.5 Å². The molecule has 4 aromatic carbocycles. The second-order valence-electron chi connectivity index (χ2n) is 9.59. The molecule has 1 heterocycles. The number of benzene rings is 4. The molecule has 5 rings (SSSR count). The summed E-state index contributed by atoms with van der Waals surface area (Å²) < 4.78 is 5.64. The lowest BCUT2D eigenvalue weighted by Crippen LogP contribution is -2.61. The average molecular weight is 531 g/mol. The van der Waals surface area contributed by atoms with Crippen LogP contribution in [-0.2, 0) is 24.7 Å². The third kappa shape index (κ3) is 5.29. The highest BCUT2D eigenvalue weighted by atomic mass is 16.5. The molecule has 0 saturated carbocycles. The lowest BCUT2D eigenvalue weighted by atomic mass is 9.71. The van der Waals surface area contributed by atoms with Gasteiger partial charge in [-0.1, -0.05) is 128 Å². The van der Waals surface area contributed by atoms with E-state index in [1.165, 1.54) is 0 Å². The first kappa shape index (κ1) is 26.6. The Hall–Kier alpha value is -4.97. The summed E-state index contributed by atoms with van der Waals surface area (Å²) in [6, 6.07) is 37.2. The van der Waals surface area contributed by atoms with E-state index in [0.29, 0.717) is 16.8 Å². The van der Waals surface area contributed by atoms with Crippen molar-refractivity contribution in [2.75, 3.05) is 0 Å². The molecule has 0 radical (unpaired) electrons. The summed E-state index contributed by atoms with van der Waals surface area (Å²) in [7, 11) is 0. The monoisotopic (exact) mass is 530 g/mol. The zero-order chi connectivity index (χ0) is 28.0. The molecule has 1 aliphatic heterocycles. The first-order valence-corrected chi connectivity index (χ1v) is 13.3. The zero-order valence-electron chi connectivity index (χ0n) is 22.1. The molecule has 0 saturated heterocycles. The Morgan fingerprint density at radius 2 is 1.38 bits per heavy atom. The number of esters is 1. The molecule has 0 spiro atoms. The number of amides is 2. The van der Waals surface area contributed by atoms with Crippen LogP contribution < -0.4 is 10.6 Å². The minimum Gasteiger partial charge on any atom is -0.447 e. The Morgan fingerprint density at radius 3 is 1.98 bits per heavy atom. The van der Waals surface area contributed by atoms with Gasteiger partial charge >= 0.3 is 5.97 Å². The largest absolute Gasteiger partial charge is 0.447 e. The molecular formula is C34H30N2O4. The number of rotatable bonds is 8. The maximum atomic E-state index is 14.4. The van der Waals surface area contributed by atoms with Crippen LogP contribution in [0.5, 0.6) is 0 Å². The first-order chi connectivity index (χ1) is 19.5. The molecule has 0 aromatic heterocycles. The number of hydrogen-bond donors (Lipinski definition) is 2. The quantitative estimate of drug-likeness (QED) is 0.289. The summed E-state index contributed by atoms with van der Waals surface area (Å²) >= 11 is 0. The van der Waals surface area contributed by atoms with Crippen LogP contribution in [0.4, 0.5) is 0 Å². The highest BCUT2D eigenvalue weighted by molar-refractivity contribution is 6.01. The SMILES string of the molecule is CCC(=O)OC(C(=O)N[C@@]1(c2ccccc2)C(=O)NC(c2ccccc2)=C[C@H]1c1ccccc1)c1ccccc1. The van der Waals surface area contributed by atoms with Crippen molar-refractivity contribution in [3.05, 3.63) is 150 Å². The molecule has 6 nitrogen and oxygen atoms in total. The molecule has 1 aliphatic rings. The van der Waals surface area contributed by atoms with Gasteiger partial charge in [0.25, 0.3) is 11.8 Å². The minimum atomic E-state index is -1.54. The van der Waals surface area contributed by atoms with E-state index in [-0.39, 0.29) is 6.42 Å². The van der Waals surface area contributed by atoms with Gasteiger partial charge < -0.3 is 15.4 Å². The van der Waals surface area contributed by atoms with E-state index < -0.39 is 35.3 Å². The summed E-state index contributed by atoms with van der Waals surface area (Å²) in [4.78, 5) is 40.9. The Morgan fingerprint density at radius 1 is 0.825 bits per heavy atom. The van der Waals surface area contributed by atoms with Gasteiger partial charge in [-0.05, 0) is 22.8 Å². The number of hydrogen-bond acceptors (Lipinski definition) is 4. The summed E-state index contributed by atoms with van der Waals surface area (Å²) in [5.74, 6) is -2.08. The summed E-state index contributed by atoms with van der Waals surface area (Å²) in [6.07, 6.45) is 0.851. The van der Waals surface area contributed by atoms with E-state index in [2.05, 4.69) is 10.6 Å². The van der Waals surface area contributed by atoms with Gasteiger partial charge in [-0.25, -0.2) is 0 Å². The predicted molar refractivity (Wildman–Crippen MR) is 154 cm³/mol. The summed E-state index contributed by atoms with van der Waals surface area (Å²) in [5, 5.41) is 6.13. The second kappa shape index (κ2) is 11.8. The highest BCUT2D eigenvalue weighted by Crippen LogP contribution is 2.43. The standard InChI is InChI=1S/C34H30N2O4/c1-2-30(37)40-31(26-19-11-5-12-20-26)32(38)36-34(27-21-13-6-14-22-27)28(24-15-7-3-8-16-24)23-29(35-33(34)39)25-17-9-4-10-18-25/h3-23,28,31H,2H2,1H3,(H,35,39)(H,36,38)/t28-,31?,34+/m0/s1. The van der Waals surface area contributed by atoms with Gasteiger partial charge in [-0.2, -0.15) is 0 Å². The van der Waals surface area contributed by atoms with E-state index in [9.17, 15) is 14.4 Å².